The van der Waals surface area contributed by atoms with Crippen molar-refractivity contribution < 1.29 is 13.5 Å². The zero-order valence-electron chi connectivity index (χ0n) is 12.8. The molecule has 4 nitrogen and oxygen atoms in total. The van der Waals surface area contributed by atoms with Gasteiger partial charge in [-0.1, -0.05) is 19.4 Å². The van der Waals surface area contributed by atoms with Gasteiger partial charge in [0, 0.05) is 6.54 Å². The Morgan fingerprint density at radius 2 is 1.95 bits per heavy atom. The fraction of sp³-hybridized carbons (Fsp3) is 0.600. The molecule has 0 atom stereocenters. The number of hydrogen-bond donors (Lipinski definition) is 2. The van der Waals surface area contributed by atoms with Crippen LogP contribution in [0.5, 0.6) is 0 Å². The Labute approximate surface area is 132 Å². The van der Waals surface area contributed by atoms with Crippen LogP contribution in [0.3, 0.4) is 0 Å². The molecule has 120 valence electrons. The van der Waals surface area contributed by atoms with Crippen LogP contribution in [-0.4, -0.2) is 32.1 Å². The van der Waals surface area contributed by atoms with Crippen molar-refractivity contribution in [2.45, 2.75) is 44.1 Å². The van der Waals surface area contributed by atoms with E-state index in [1.54, 1.807) is 18.2 Å². The summed E-state index contributed by atoms with van der Waals surface area (Å²) in [6.45, 7) is 2.30. The third kappa shape index (κ3) is 5.98. The highest BCUT2D eigenvalue weighted by Crippen LogP contribution is 2.17. The van der Waals surface area contributed by atoms with Crippen molar-refractivity contribution >= 4 is 21.8 Å². The van der Waals surface area contributed by atoms with Gasteiger partial charge in [0.2, 0.25) is 10.0 Å². The molecule has 1 aromatic carbocycles. The van der Waals surface area contributed by atoms with E-state index in [0.29, 0.717) is 12.1 Å². The Morgan fingerprint density at radius 3 is 2.57 bits per heavy atom. The first kappa shape index (κ1) is 18.5. The number of nitrogens with one attached hydrogen (secondary N) is 1. The lowest BCUT2D eigenvalue weighted by molar-refractivity contribution is 0.280. The second-order valence-corrected chi connectivity index (χ2v) is 7.65. The molecule has 6 heteroatoms. The predicted molar refractivity (Wildman–Crippen MR) is 89.2 cm³/mol. The smallest absolute Gasteiger partial charge is 0.240 e. The Kier molecular flexibility index (Phi) is 8.33. The number of rotatable bonds is 10. The summed E-state index contributed by atoms with van der Waals surface area (Å²) in [4.78, 5) is 0.230. The second kappa shape index (κ2) is 9.46. The minimum absolute atomic E-state index is 0.138. The average molecular weight is 332 g/mol. The Morgan fingerprint density at radius 1 is 1.19 bits per heavy atom. The van der Waals surface area contributed by atoms with Crippen LogP contribution in [-0.2, 0) is 23.1 Å². The Hall–Kier alpha value is -0.560. The molecule has 21 heavy (non-hydrogen) atoms. The van der Waals surface area contributed by atoms with Gasteiger partial charge in [0.05, 0.1) is 11.5 Å². The molecule has 1 rings (SSSR count). The van der Waals surface area contributed by atoms with Gasteiger partial charge in [0.15, 0.2) is 0 Å². The van der Waals surface area contributed by atoms with Crippen molar-refractivity contribution in [3.63, 3.8) is 0 Å². The molecule has 0 aliphatic carbocycles. The molecule has 0 bridgehead atoms. The minimum atomic E-state index is -3.48. The minimum Gasteiger partial charge on any atom is -0.392 e. The number of aliphatic hydroxyl groups excluding tert-OH is 1. The van der Waals surface area contributed by atoms with E-state index in [4.69, 9.17) is 0 Å². The molecule has 0 saturated heterocycles. The van der Waals surface area contributed by atoms with E-state index in [1.807, 2.05) is 18.7 Å². The van der Waals surface area contributed by atoms with Gasteiger partial charge in [-0.25, -0.2) is 13.1 Å². The molecule has 0 amide bonds. The quantitative estimate of drug-likeness (QED) is 0.647. The van der Waals surface area contributed by atoms with Crippen LogP contribution in [0.1, 0.15) is 37.3 Å². The molecule has 2 N–H and O–H groups in total. The fourth-order valence-electron chi connectivity index (χ4n) is 2.10. The molecule has 0 aliphatic heterocycles. The van der Waals surface area contributed by atoms with Gasteiger partial charge in [-0.3, -0.25) is 0 Å². The number of thioether (sulfide) groups is 1. The van der Waals surface area contributed by atoms with Gasteiger partial charge in [0.25, 0.3) is 0 Å². The van der Waals surface area contributed by atoms with E-state index in [9.17, 15) is 13.5 Å². The van der Waals surface area contributed by atoms with Gasteiger partial charge in [-0.05, 0) is 54.5 Å². The summed E-state index contributed by atoms with van der Waals surface area (Å²) in [5, 5.41) is 9.32. The molecule has 0 radical (unpaired) electrons. The standard InChI is InChI=1S/C15H25NO3S2/c1-3-13-7-8-15(11-14(13)12-17)21(18,19)16-9-5-4-6-10-20-2/h7-8,11,16-17H,3-6,9-10,12H2,1-2H3. The van der Waals surface area contributed by atoms with E-state index in [1.165, 1.54) is 0 Å². The molecule has 0 heterocycles. The molecule has 0 aliphatic rings. The third-order valence-electron chi connectivity index (χ3n) is 3.36. The number of benzene rings is 1. The first-order valence-corrected chi connectivity index (χ1v) is 10.1. The Balaban J connectivity index is 2.62. The van der Waals surface area contributed by atoms with Crippen molar-refractivity contribution in [2.24, 2.45) is 0 Å². The highest BCUT2D eigenvalue weighted by atomic mass is 32.2. The number of sulfonamides is 1. The first-order chi connectivity index (χ1) is 10.0. The second-order valence-electron chi connectivity index (χ2n) is 4.89. The molecule has 0 aromatic heterocycles. The maximum atomic E-state index is 12.2. The summed E-state index contributed by atoms with van der Waals surface area (Å²) in [6, 6.07) is 4.95. The number of aryl methyl sites for hydroxylation is 1. The molecule has 0 unspecified atom stereocenters. The van der Waals surface area contributed by atoms with E-state index >= 15 is 0 Å². The van der Waals surface area contributed by atoms with Gasteiger partial charge in [0.1, 0.15) is 0 Å². The van der Waals surface area contributed by atoms with Crippen LogP contribution in [0.15, 0.2) is 23.1 Å². The van der Waals surface area contributed by atoms with Crippen LogP contribution < -0.4 is 4.72 Å². The molecule has 0 saturated carbocycles. The maximum Gasteiger partial charge on any atom is 0.240 e. The molecule has 0 fully saturated rings. The average Bonchev–Trinajstić information content (AvgIpc) is 2.49. The van der Waals surface area contributed by atoms with Gasteiger partial charge >= 0.3 is 0 Å². The van der Waals surface area contributed by atoms with E-state index < -0.39 is 10.0 Å². The zero-order chi connectivity index (χ0) is 15.7. The topological polar surface area (TPSA) is 66.4 Å². The fourth-order valence-corrected chi connectivity index (χ4v) is 3.72. The van der Waals surface area contributed by atoms with Crippen LogP contribution in [0.4, 0.5) is 0 Å². The van der Waals surface area contributed by atoms with Crippen molar-refractivity contribution in [3.05, 3.63) is 29.3 Å². The number of aliphatic hydroxyl groups is 1. The van der Waals surface area contributed by atoms with Gasteiger partial charge in [-0.15, -0.1) is 0 Å². The largest absolute Gasteiger partial charge is 0.392 e. The highest BCUT2D eigenvalue weighted by molar-refractivity contribution is 7.98. The van der Waals surface area contributed by atoms with Gasteiger partial charge in [-0.2, -0.15) is 11.8 Å². The normalized spacial score (nSPS) is 11.8. The summed E-state index contributed by atoms with van der Waals surface area (Å²) in [5.41, 5.74) is 1.66. The Bertz CT molecular complexity index is 530. The van der Waals surface area contributed by atoms with E-state index in [0.717, 1.165) is 37.0 Å². The lowest BCUT2D eigenvalue weighted by atomic mass is 10.1. The van der Waals surface area contributed by atoms with Crippen LogP contribution in [0.25, 0.3) is 0 Å². The van der Waals surface area contributed by atoms with Crippen molar-refractivity contribution in [3.8, 4) is 0 Å². The maximum absolute atomic E-state index is 12.2. The highest BCUT2D eigenvalue weighted by Gasteiger charge is 2.14. The summed E-state index contributed by atoms with van der Waals surface area (Å²) in [7, 11) is -3.48. The molecule has 1 aromatic rings. The van der Waals surface area contributed by atoms with Crippen molar-refractivity contribution in [1.29, 1.82) is 0 Å². The predicted octanol–water partition coefficient (Wildman–Crippen LogP) is 2.55. The van der Waals surface area contributed by atoms with Gasteiger partial charge < -0.3 is 5.11 Å². The molecular weight excluding hydrogens is 306 g/mol. The lowest BCUT2D eigenvalue weighted by Gasteiger charge is -2.10. The molecular formula is C15H25NO3S2. The number of unbranched alkanes of at least 4 members (excludes halogenated alkanes) is 2. The summed E-state index contributed by atoms with van der Waals surface area (Å²) >= 11 is 1.81. The van der Waals surface area contributed by atoms with E-state index in [-0.39, 0.29) is 11.5 Å². The zero-order valence-corrected chi connectivity index (χ0v) is 14.4. The van der Waals surface area contributed by atoms with Crippen LogP contribution in [0.2, 0.25) is 0 Å². The molecule has 0 spiro atoms. The van der Waals surface area contributed by atoms with Crippen molar-refractivity contribution in [1.82, 2.24) is 4.72 Å². The summed E-state index contributed by atoms with van der Waals surface area (Å²) in [6.07, 6.45) is 5.84. The van der Waals surface area contributed by atoms with Crippen LogP contribution in [0, 0.1) is 0 Å². The van der Waals surface area contributed by atoms with Crippen molar-refractivity contribution in [2.75, 3.05) is 18.6 Å². The summed E-state index contributed by atoms with van der Waals surface area (Å²) in [5.74, 6) is 1.12. The number of hydrogen-bond acceptors (Lipinski definition) is 4. The summed E-state index contributed by atoms with van der Waals surface area (Å²) < 4.78 is 27.0. The monoisotopic (exact) mass is 331 g/mol. The van der Waals surface area contributed by atoms with E-state index in [2.05, 4.69) is 11.0 Å². The SMILES string of the molecule is CCc1ccc(S(=O)(=O)NCCCCCSC)cc1CO. The first-order valence-electron chi connectivity index (χ1n) is 7.26. The van der Waals surface area contributed by atoms with Crippen LogP contribution >= 0.6 is 11.8 Å². The lowest BCUT2D eigenvalue weighted by Crippen LogP contribution is -2.25. The third-order valence-corrected chi connectivity index (χ3v) is 5.51.